The van der Waals surface area contributed by atoms with Gasteiger partial charge in [-0.25, -0.2) is 0 Å². The molecule has 0 radical (unpaired) electrons. The van der Waals surface area contributed by atoms with E-state index in [2.05, 4.69) is 43.8 Å². The number of aromatic nitrogens is 1. The molecule has 3 heteroatoms. The van der Waals surface area contributed by atoms with Crippen molar-refractivity contribution in [1.82, 2.24) is 9.88 Å². The number of rotatable bonds is 3. The van der Waals surface area contributed by atoms with Gasteiger partial charge in [0, 0.05) is 18.4 Å². The van der Waals surface area contributed by atoms with Crippen LogP contribution in [0.15, 0.2) is 18.5 Å². The van der Waals surface area contributed by atoms with Crippen molar-refractivity contribution in [3.8, 4) is 0 Å². The van der Waals surface area contributed by atoms with Gasteiger partial charge in [-0.2, -0.15) is 0 Å². The third-order valence-electron chi connectivity index (χ3n) is 3.49. The van der Waals surface area contributed by atoms with Crippen molar-refractivity contribution < 1.29 is 4.74 Å². The van der Waals surface area contributed by atoms with Crippen LogP contribution in [-0.2, 0) is 11.3 Å². The summed E-state index contributed by atoms with van der Waals surface area (Å²) in [5.74, 6) is 0. The third kappa shape index (κ3) is 3.30. The summed E-state index contributed by atoms with van der Waals surface area (Å²) in [6.45, 7) is 8.13. The van der Waals surface area contributed by atoms with Gasteiger partial charge in [-0.3, -0.25) is 9.88 Å². The van der Waals surface area contributed by atoms with Crippen LogP contribution in [0, 0.1) is 0 Å². The lowest BCUT2D eigenvalue weighted by molar-refractivity contribution is -0.0155. The molecule has 18 heavy (non-hydrogen) atoms. The van der Waals surface area contributed by atoms with Gasteiger partial charge in [0.1, 0.15) is 0 Å². The maximum atomic E-state index is 5.90. The lowest BCUT2D eigenvalue weighted by Gasteiger charge is -2.24. The van der Waals surface area contributed by atoms with Crippen molar-refractivity contribution in [3.05, 3.63) is 29.6 Å². The monoisotopic (exact) mass is 248 g/mol. The van der Waals surface area contributed by atoms with E-state index in [0.29, 0.717) is 12.6 Å². The number of hydrogen-bond donors (Lipinski definition) is 0. The average Bonchev–Trinajstić information content (AvgIpc) is 2.72. The molecule has 0 saturated carbocycles. The first-order chi connectivity index (χ1) is 8.47. The minimum atomic E-state index is -0.0951. The summed E-state index contributed by atoms with van der Waals surface area (Å²) in [7, 11) is 2.19. The van der Waals surface area contributed by atoms with Crippen molar-refractivity contribution in [2.75, 3.05) is 13.6 Å². The molecule has 0 amide bonds. The summed E-state index contributed by atoms with van der Waals surface area (Å²) in [6.07, 6.45) is 6.37. The second-order valence-electron chi connectivity index (χ2n) is 6.11. The highest BCUT2D eigenvalue weighted by Crippen LogP contribution is 2.32. The number of hydrogen-bond acceptors (Lipinski definition) is 3. The molecule has 2 rings (SSSR count). The number of nitrogens with zero attached hydrogens (tertiary/aromatic N) is 2. The Hall–Kier alpha value is -0.930. The predicted octanol–water partition coefficient (Wildman–Crippen LogP) is 3.16. The summed E-state index contributed by atoms with van der Waals surface area (Å²) in [4.78, 5) is 6.70. The lowest BCUT2D eigenvalue weighted by Crippen LogP contribution is -2.22. The van der Waals surface area contributed by atoms with Crippen LogP contribution in [0.4, 0.5) is 0 Å². The molecule has 0 aliphatic carbocycles. The molecule has 1 aliphatic rings. The van der Waals surface area contributed by atoms with Crippen LogP contribution in [0.25, 0.3) is 0 Å². The smallest absolute Gasteiger partial charge is 0.0728 e. The third-order valence-corrected chi connectivity index (χ3v) is 3.49. The van der Waals surface area contributed by atoms with Gasteiger partial charge < -0.3 is 4.74 Å². The second-order valence-corrected chi connectivity index (χ2v) is 6.11. The van der Waals surface area contributed by atoms with E-state index in [9.17, 15) is 0 Å². The molecule has 1 fully saturated rings. The standard InChI is InChI=1S/C15H24N2O/c1-15(2,3)18-11-12-7-8-16-10-13(12)14-6-5-9-17(14)4/h7-8,10,14H,5-6,9,11H2,1-4H3. The van der Waals surface area contributed by atoms with E-state index >= 15 is 0 Å². The minimum absolute atomic E-state index is 0.0951. The Bertz CT molecular complexity index is 398. The number of ether oxygens (including phenoxy) is 1. The SMILES string of the molecule is CN1CCCC1c1cnccc1COC(C)(C)C. The van der Waals surface area contributed by atoms with Gasteiger partial charge in [0.15, 0.2) is 0 Å². The summed E-state index contributed by atoms with van der Waals surface area (Å²) in [5, 5.41) is 0. The summed E-state index contributed by atoms with van der Waals surface area (Å²) in [6, 6.07) is 2.60. The summed E-state index contributed by atoms with van der Waals surface area (Å²) < 4.78 is 5.90. The van der Waals surface area contributed by atoms with Crippen LogP contribution in [0.1, 0.15) is 50.8 Å². The first-order valence-electron chi connectivity index (χ1n) is 6.74. The highest BCUT2D eigenvalue weighted by Gasteiger charge is 2.25. The van der Waals surface area contributed by atoms with Crippen molar-refractivity contribution in [2.24, 2.45) is 0 Å². The molecular weight excluding hydrogens is 224 g/mol. The maximum Gasteiger partial charge on any atom is 0.0728 e. The van der Waals surface area contributed by atoms with E-state index < -0.39 is 0 Å². The highest BCUT2D eigenvalue weighted by molar-refractivity contribution is 5.26. The first-order valence-corrected chi connectivity index (χ1v) is 6.74. The molecule has 0 spiro atoms. The molecular formula is C15H24N2O. The molecule has 3 nitrogen and oxygen atoms in total. The number of pyridine rings is 1. The zero-order chi connectivity index (χ0) is 13.2. The number of likely N-dealkylation sites (tertiary alicyclic amines) is 1. The fourth-order valence-electron chi connectivity index (χ4n) is 2.46. The summed E-state index contributed by atoms with van der Waals surface area (Å²) >= 11 is 0. The Kier molecular flexibility index (Phi) is 4.03. The van der Waals surface area contributed by atoms with Gasteiger partial charge >= 0.3 is 0 Å². The van der Waals surface area contributed by atoms with Crippen molar-refractivity contribution in [1.29, 1.82) is 0 Å². The van der Waals surface area contributed by atoms with Gasteiger partial charge in [-0.1, -0.05) is 0 Å². The molecule has 1 aromatic rings. The van der Waals surface area contributed by atoms with E-state index in [-0.39, 0.29) is 5.60 Å². The molecule has 1 aromatic heterocycles. The molecule has 2 heterocycles. The van der Waals surface area contributed by atoms with Gasteiger partial charge in [0.25, 0.3) is 0 Å². The molecule has 1 unspecified atom stereocenters. The molecule has 0 N–H and O–H groups in total. The van der Waals surface area contributed by atoms with Gasteiger partial charge in [0.05, 0.1) is 12.2 Å². The molecule has 1 atom stereocenters. The van der Waals surface area contributed by atoms with Crippen LogP contribution >= 0.6 is 0 Å². The minimum Gasteiger partial charge on any atom is -0.371 e. The zero-order valence-corrected chi connectivity index (χ0v) is 11.9. The second kappa shape index (κ2) is 5.37. The van der Waals surface area contributed by atoms with Crippen LogP contribution < -0.4 is 0 Å². The van der Waals surface area contributed by atoms with Crippen LogP contribution in [0.5, 0.6) is 0 Å². The van der Waals surface area contributed by atoms with E-state index in [1.165, 1.54) is 30.5 Å². The van der Waals surface area contributed by atoms with E-state index in [1.54, 1.807) is 0 Å². The largest absolute Gasteiger partial charge is 0.371 e. The van der Waals surface area contributed by atoms with Gasteiger partial charge in [-0.05, 0) is 64.4 Å². The van der Waals surface area contributed by atoms with Gasteiger partial charge in [0.2, 0.25) is 0 Å². The highest BCUT2D eigenvalue weighted by atomic mass is 16.5. The van der Waals surface area contributed by atoms with Crippen LogP contribution in [-0.4, -0.2) is 29.1 Å². The van der Waals surface area contributed by atoms with E-state index in [4.69, 9.17) is 4.74 Å². The van der Waals surface area contributed by atoms with Gasteiger partial charge in [-0.15, -0.1) is 0 Å². The fourth-order valence-corrected chi connectivity index (χ4v) is 2.46. The van der Waals surface area contributed by atoms with Crippen LogP contribution in [0.3, 0.4) is 0 Å². The normalized spacial score (nSPS) is 21.4. The van der Waals surface area contributed by atoms with Crippen molar-refractivity contribution in [3.63, 3.8) is 0 Å². The Morgan fingerprint density at radius 3 is 2.83 bits per heavy atom. The topological polar surface area (TPSA) is 25.4 Å². The predicted molar refractivity (Wildman–Crippen MR) is 73.4 cm³/mol. The quantitative estimate of drug-likeness (QED) is 0.821. The maximum absolute atomic E-state index is 5.90. The molecule has 0 bridgehead atoms. The Morgan fingerprint density at radius 2 is 2.22 bits per heavy atom. The Balaban J connectivity index is 2.15. The van der Waals surface area contributed by atoms with Crippen LogP contribution in [0.2, 0.25) is 0 Å². The molecule has 1 saturated heterocycles. The van der Waals surface area contributed by atoms with Crippen molar-refractivity contribution in [2.45, 2.75) is 51.9 Å². The Labute approximate surface area is 110 Å². The molecule has 100 valence electrons. The zero-order valence-electron chi connectivity index (χ0n) is 11.9. The molecule has 0 aromatic carbocycles. The lowest BCUT2D eigenvalue weighted by atomic mass is 10.0. The van der Waals surface area contributed by atoms with Crippen molar-refractivity contribution >= 4 is 0 Å². The Morgan fingerprint density at radius 1 is 1.44 bits per heavy atom. The average molecular weight is 248 g/mol. The fraction of sp³-hybridized carbons (Fsp3) is 0.667. The van der Waals surface area contributed by atoms with E-state index in [0.717, 1.165) is 0 Å². The first kappa shape index (κ1) is 13.5. The van der Waals surface area contributed by atoms with E-state index in [1.807, 2.05) is 12.4 Å². The molecule has 1 aliphatic heterocycles. The summed E-state index contributed by atoms with van der Waals surface area (Å²) in [5.41, 5.74) is 2.52.